The van der Waals surface area contributed by atoms with Gasteiger partial charge in [-0.1, -0.05) is 34.1 Å². The first kappa shape index (κ1) is 14.0. The van der Waals surface area contributed by atoms with Crippen LogP contribution in [-0.4, -0.2) is 23.3 Å². The molecule has 2 N–H and O–H groups in total. The van der Waals surface area contributed by atoms with E-state index in [0.29, 0.717) is 11.5 Å². The molecule has 2 heteroatoms. The van der Waals surface area contributed by atoms with Crippen molar-refractivity contribution in [2.24, 2.45) is 5.41 Å². The molecule has 0 aromatic rings. The maximum Gasteiger partial charge on any atom is 0.0766 e. The third kappa shape index (κ3) is 4.06. The molecule has 0 aromatic heterocycles. The Kier molecular flexibility index (Phi) is 4.81. The van der Waals surface area contributed by atoms with Crippen LogP contribution in [0.4, 0.5) is 0 Å². The number of aliphatic hydroxyl groups is 1. The second-order valence-corrected chi connectivity index (χ2v) is 6.27. The molecule has 0 spiro atoms. The third-order valence-electron chi connectivity index (χ3n) is 4.24. The topological polar surface area (TPSA) is 32.3 Å². The molecule has 0 bridgehead atoms. The van der Waals surface area contributed by atoms with Crippen LogP contribution in [0, 0.1) is 5.41 Å². The molecule has 1 fully saturated rings. The fraction of sp³-hybridized carbons (Fsp3) is 1.00. The van der Waals surface area contributed by atoms with Gasteiger partial charge in [-0.2, -0.15) is 0 Å². The molecule has 2 nitrogen and oxygen atoms in total. The predicted molar refractivity (Wildman–Crippen MR) is 69.6 cm³/mol. The van der Waals surface area contributed by atoms with Crippen molar-refractivity contribution in [3.63, 3.8) is 0 Å². The zero-order valence-electron chi connectivity index (χ0n) is 11.5. The first-order chi connectivity index (χ1) is 7.41. The van der Waals surface area contributed by atoms with Gasteiger partial charge in [0.1, 0.15) is 0 Å². The Hall–Kier alpha value is -0.0800. The van der Waals surface area contributed by atoms with E-state index in [0.717, 1.165) is 19.4 Å². The van der Waals surface area contributed by atoms with Crippen molar-refractivity contribution in [2.45, 2.75) is 77.9 Å². The van der Waals surface area contributed by atoms with E-state index in [1.165, 1.54) is 25.7 Å². The maximum absolute atomic E-state index is 10.2. The van der Waals surface area contributed by atoms with Gasteiger partial charge >= 0.3 is 0 Å². The van der Waals surface area contributed by atoms with E-state index in [1.807, 2.05) is 0 Å². The van der Waals surface area contributed by atoms with Crippen molar-refractivity contribution in [3.8, 4) is 0 Å². The van der Waals surface area contributed by atoms with Gasteiger partial charge < -0.3 is 10.4 Å². The highest BCUT2D eigenvalue weighted by molar-refractivity contribution is 4.86. The number of hydrogen-bond acceptors (Lipinski definition) is 2. The zero-order valence-corrected chi connectivity index (χ0v) is 11.5. The standard InChI is InChI=1S/C14H29NO/c1-5-14(16,6-2)11-15-12-8-7-9-13(3,4)10-12/h12,15-16H,5-11H2,1-4H3. The molecule has 1 rings (SSSR count). The summed E-state index contributed by atoms with van der Waals surface area (Å²) in [5.41, 5.74) is -0.0198. The summed E-state index contributed by atoms with van der Waals surface area (Å²) >= 11 is 0. The van der Waals surface area contributed by atoms with Gasteiger partial charge in [-0.15, -0.1) is 0 Å². The fourth-order valence-electron chi connectivity index (χ4n) is 2.71. The molecule has 1 atom stereocenters. The van der Waals surface area contributed by atoms with Gasteiger partial charge in [0, 0.05) is 12.6 Å². The molecular formula is C14H29NO. The zero-order chi connectivity index (χ0) is 12.2. The van der Waals surface area contributed by atoms with Gasteiger partial charge in [-0.3, -0.25) is 0 Å². The molecule has 0 radical (unpaired) electrons. The molecule has 1 saturated carbocycles. The summed E-state index contributed by atoms with van der Waals surface area (Å²) in [6.45, 7) is 9.59. The summed E-state index contributed by atoms with van der Waals surface area (Å²) < 4.78 is 0. The number of hydrogen-bond donors (Lipinski definition) is 2. The lowest BCUT2D eigenvalue weighted by molar-refractivity contribution is 0.0260. The molecule has 1 aliphatic carbocycles. The van der Waals surface area contributed by atoms with E-state index in [9.17, 15) is 5.11 Å². The van der Waals surface area contributed by atoms with Gasteiger partial charge in [-0.25, -0.2) is 0 Å². The van der Waals surface area contributed by atoms with E-state index in [-0.39, 0.29) is 0 Å². The van der Waals surface area contributed by atoms with Crippen molar-refractivity contribution in [2.75, 3.05) is 6.54 Å². The highest BCUT2D eigenvalue weighted by Gasteiger charge is 2.29. The average Bonchev–Trinajstić information content (AvgIpc) is 2.25. The van der Waals surface area contributed by atoms with Crippen molar-refractivity contribution in [1.29, 1.82) is 0 Å². The Morgan fingerprint density at radius 3 is 2.44 bits per heavy atom. The van der Waals surface area contributed by atoms with Crippen LogP contribution < -0.4 is 5.32 Å². The maximum atomic E-state index is 10.2. The van der Waals surface area contributed by atoms with Crippen molar-refractivity contribution < 1.29 is 5.11 Å². The van der Waals surface area contributed by atoms with Crippen LogP contribution in [0.1, 0.15) is 66.2 Å². The van der Waals surface area contributed by atoms with E-state index < -0.39 is 5.60 Å². The van der Waals surface area contributed by atoms with Gasteiger partial charge in [0.15, 0.2) is 0 Å². The summed E-state index contributed by atoms with van der Waals surface area (Å²) in [6, 6.07) is 0.605. The quantitative estimate of drug-likeness (QED) is 0.756. The molecular weight excluding hydrogens is 198 g/mol. The second-order valence-electron chi connectivity index (χ2n) is 6.27. The van der Waals surface area contributed by atoms with E-state index in [4.69, 9.17) is 0 Å². The summed E-state index contributed by atoms with van der Waals surface area (Å²) in [5.74, 6) is 0. The normalized spacial score (nSPS) is 25.7. The molecule has 0 aromatic carbocycles. The largest absolute Gasteiger partial charge is 0.389 e. The van der Waals surface area contributed by atoms with E-state index in [2.05, 4.69) is 33.0 Å². The third-order valence-corrected chi connectivity index (χ3v) is 4.24. The van der Waals surface area contributed by atoms with Crippen LogP contribution in [0.2, 0.25) is 0 Å². The second kappa shape index (κ2) is 5.50. The van der Waals surface area contributed by atoms with Crippen molar-refractivity contribution in [1.82, 2.24) is 5.32 Å². The minimum Gasteiger partial charge on any atom is -0.389 e. The molecule has 1 unspecified atom stereocenters. The minimum absolute atomic E-state index is 0.479. The molecule has 0 amide bonds. The average molecular weight is 227 g/mol. The Morgan fingerprint density at radius 1 is 1.31 bits per heavy atom. The lowest BCUT2D eigenvalue weighted by Crippen LogP contribution is -2.46. The molecule has 1 aliphatic rings. The molecule has 16 heavy (non-hydrogen) atoms. The van der Waals surface area contributed by atoms with Gasteiger partial charge in [0.25, 0.3) is 0 Å². The first-order valence-corrected chi connectivity index (χ1v) is 6.86. The highest BCUT2D eigenvalue weighted by Crippen LogP contribution is 2.35. The number of nitrogens with one attached hydrogen (secondary N) is 1. The first-order valence-electron chi connectivity index (χ1n) is 6.86. The molecule has 0 aliphatic heterocycles. The molecule has 0 saturated heterocycles. The SMILES string of the molecule is CCC(O)(CC)CNC1CCCC(C)(C)C1. The van der Waals surface area contributed by atoms with Crippen LogP contribution in [0.3, 0.4) is 0 Å². The highest BCUT2D eigenvalue weighted by atomic mass is 16.3. The summed E-state index contributed by atoms with van der Waals surface area (Å²) in [6.07, 6.45) is 6.86. The Balaban J connectivity index is 2.37. The van der Waals surface area contributed by atoms with Gasteiger partial charge in [0.05, 0.1) is 5.60 Å². The summed E-state index contributed by atoms with van der Waals surface area (Å²) in [7, 11) is 0. The Labute approximate surface area is 101 Å². The Morgan fingerprint density at radius 2 is 1.94 bits per heavy atom. The molecule has 96 valence electrons. The van der Waals surface area contributed by atoms with Crippen molar-refractivity contribution in [3.05, 3.63) is 0 Å². The minimum atomic E-state index is -0.498. The van der Waals surface area contributed by atoms with Crippen LogP contribution in [0.25, 0.3) is 0 Å². The summed E-state index contributed by atoms with van der Waals surface area (Å²) in [4.78, 5) is 0. The predicted octanol–water partition coefficient (Wildman–Crippen LogP) is 3.10. The Bertz CT molecular complexity index is 209. The van der Waals surface area contributed by atoms with E-state index >= 15 is 0 Å². The van der Waals surface area contributed by atoms with Crippen LogP contribution in [0.5, 0.6) is 0 Å². The van der Waals surface area contributed by atoms with Gasteiger partial charge in [-0.05, 0) is 37.5 Å². The van der Waals surface area contributed by atoms with Crippen LogP contribution >= 0.6 is 0 Å². The fourth-order valence-corrected chi connectivity index (χ4v) is 2.71. The van der Waals surface area contributed by atoms with Crippen LogP contribution in [0.15, 0.2) is 0 Å². The monoisotopic (exact) mass is 227 g/mol. The molecule has 0 heterocycles. The summed E-state index contributed by atoms with van der Waals surface area (Å²) in [5, 5.41) is 13.8. The van der Waals surface area contributed by atoms with Gasteiger partial charge in [0.2, 0.25) is 0 Å². The number of rotatable bonds is 5. The lowest BCUT2D eigenvalue weighted by Gasteiger charge is -2.37. The smallest absolute Gasteiger partial charge is 0.0766 e. The van der Waals surface area contributed by atoms with E-state index in [1.54, 1.807) is 0 Å². The van der Waals surface area contributed by atoms with Crippen LogP contribution in [-0.2, 0) is 0 Å². The lowest BCUT2D eigenvalue weighted by atomic mass is 9.75. The van der Waals surface area contributed by atoms with Crippen molar-refractivity contribution >= 4 is 0 Å².